The summed E-state index contributed by atoms with van der Waals surface area (Å²) in [5.41, 5.74) is -4.81. The van der Waals surface area contributed by atoms with Crippen LogP contribution in [-0.4, -0.2) is 17.3 Å². The van der Waals surface area contributed by atoms with Gasteiger partial charge in [-0.2, -0.15) is 0 Å². The molecule has 0 N–H and O–H groups in total. The van der Waals surface area contributed by atoms with Crippen LogP contribution in [0.3, 0.4) is 0 Å². The van der Waals surface area contributed by atoms with Gasteiger partial charge in [0.05, 0.1) is 5.92 Å². The Bertz CT molecular complexity index is 173. The molecule has 4 heteroatoms. The quantitative estimate of drug-likeness (QED) is 0.608. The lowest BCUT2D eigenvalue weighted by atomic mass is 9.78. The van der Waals surface area contributed by atoms with E-state index in [1.165, 1.54) is 0 Å². The Kier molecular flexibility index (Phi) is 3.07. The highest BCUT2D eigenvalue weighted by Crippen LogP contribution is 2.43. The maximum atomic E-state index is 13.6. The van der Waals surface area contributed by atoms with E-state index in [-0.39, 0.29) is 0 Å². The molecule has 0 aromatic carbocycles. The lowest BCUT2D eigenvalue weighted by molar-refractivity contribution is -0.139. The average molecular weight is 200 g/mol. The van der Waals surface area contributed by atoms with Crippen LogP contribution in [-0.2, 0) is 0 Å². The van der Waals surface area contributed by atoms with Gasteiger partial charge < -0.3 is 0 Å². The molecule has 0 fully saturated rings. The molecular formula is C9H16F4. The van der Waals surface area contributed by atoms with Gasteiger partial charge in [0.2, 0.25) is 0 Å². The van der Waals surface area contributed by atoms with Crippen molar-refractivity contribution in [3.05, 3.63) is 0 Å². The third-order valence-electron chi connectivity index (χ3n) is 2.74. The fourth-order valence-corrected chi connectivity index (χ4v) is 0.991. The van der Waals surface area contributed by atoms with Crippen molar-refractivity contribution < 1.29 is 17.6 Å². The second kappa shape index (κ2) is 3.14. The van der Waals surface area contributed by atoms with E-state index in [9.17, 15) is 17.6 Å². The highest BCUT2D eigenvalue weighted by atomic mass is 19.3. The SMILES string of the molecule is CC(C(C)(F)F)C(C)(F)C(C)(C)F. The zero-order valence-corrected chi connectivity index (χ0v) is 8.59. The van der Waals surface area contributed by atoms with Gasteiger partial charge in [-0.3, -0.25) is 0 Å². The summed E-state index contributed by atoms with van der Waals surface area (Å²) in [5.74, 6) is -4.87. The van der Waals surface area contributed by atoms with Gasteiger partial charge in [-0.15, -0.1) is 0 Å². The van der Waals surface area contributed by atoms with E-state index in [0.717, 1.165) is 27.7 Å². The smallest absolute Gasteiger partial charge is 0.241 e. The molecule has 2 unspecified atom stereocenters. The Hall–Kier alpha value is -0.280. The Morgan fingerprint density at radius 2 is 1.15 bits per heavy atom. The Balaban J connectivity index is 4.86. The molecule has 0 spiro atoms. The fraction of sp³-hybridized carbons (Fsp3) is 1.00. The first kappa shape index (κ1) is 12.7. The van der Waals surface area contributed by atoms with Gasteiger partial charge in [-0.25, -0.2) is 17.6 Å². The monoisotopic (exact) mass is 200 g/mol. The highest BCUT2D eigenvalue weighted by Gasteiger charge is 2.53. The van der Waals surface area contributed by atoms with Crippen molar-refractivity contribution in [3.8, 4) is 0 Å². The molecule has 0 radical (unpaired) electrons. The van der Waals surface area contributed by atoms with E-state index in [1.54, 1.807) is 0 Å². The van der Waals surface area contributed by atoms with Crippen molar-refractivity contribution >= 4 is 0 Å². The predicted octanol–water partition coefficient (Wildman–Crippen LogP) is 3.75. The average Bonchev–Trinajstić information content (AvgIpc) is 1.81. The second-order valence-electron chi connectivity index (χ2n) is 4.23. The number of hydrogen-bond donors (Lipinski definition) is 0. The minimum Gasteiger partial charge on any atom is -0.241 e. The van der Waals surface area contributed by atoms with Crippen LogP contribution in [0.1, 0.15) is 34.6 Å². The molecule has 0 saturated heterocycles. The zero-order valence-electron chi connectivity index (χ0n) is 8.59. The standard InChI is InChI=1S/C9H16F4/c1-6(9(5,12)13)8(4,11)7(2,3)10/h6H,1-5H3. The lowest BCUT2D eigenvalue weighted by Crippen LogP contribution is -2.51. The van der Waals surface area contributed by atoms with E-state index in [0.29, 0.717) is 6.92 Å². The Morgan fingerprint density at radius 1 is 0.846 bits per heavy atom. The van der Waals surface area contributed by atoms with E-state index in [4.69, 9.17) is 0 Å². The third-order valence-corrected chi connectivity index (χ3v) is 2.74. The van der Waals surface area contributed by atoms with Crippen molar-refractivity contribution in [1.82, 2.24) is 0 Å². The van der Waals surface area contributed by atoms with Crippen LogP contribution in [0, 0.1) is 5.92 Å². The lowest BCUT2D eigenvalue weighted by Gasteiger charge is -2.38. The molecule has 2 atom stereocenters. The minimum atomic E-state index is -3.22. The van der Waals surface area contributed by atoms with E-state index in [2.05, 4.69) is 0 Å². The first-order chi connectivity index (χ1) is 5.40. The van der Waals surface area contributed by atoms with Gasteiger partial charge >= 0.3 is 0 Å². The summed E-state index contributed by atoms with van der Waals surface area (Å²) >= 11 is 0. The number of hydrogen-bond acceptors (Lipinski definition) is 0. The van der Waals surface area contributed by atoms with Gasteiger partial charge in [0, 0.05) is 0 Å². The summed E-state index contributed by atoms with van der Waals surface area (Å²) in [5, 5.41) is 0. The molecule has 0 bridgehead atoms. The van der Waals surface area contributed by atoms with E-state index in [1.807, 2.05) is 0 Å². The van der Waals surface area contributed by atoms with Crippen molar-refractivity contribution in [1.29, 1.82) is 0 Å². The maximum Gasteiger partial charge on any atom is 0.251 e. The van der Waals surface area contributed by atoms with Crippen LogP contribution < -0.4 is 0 Å². The van der Waals surface area contributed by atoms with Gasteiger partial charge in [0.15, 0.2) is 0 Å². The topological polar surface area (TPSA) is 0 Å². The van der Waals surface area contributed by atoms with Crippen molar-refractivity contribution in [3.63, 3.8) is 0 Å². The van der Waals surface area contributed by atoms with Gasteiger partial charge in [-0.05, 0) is 27.7 Å². The maximum absolute atomic E-state index is 13.6. The fourth-order valence-electron chi connectivity index (χ4n) is 0.991. The van der Waals surface area contributed by atoms with Crippen LogP contribution in [0.15, 0.2) is 0 Å². The number of rotatable bonds is 3. The van der Waals surface area contributed by atoms with Crippen LogP contribution in [0.2, 0.25) is 0 Å². The molecule has 0 saturated carbocycles. The Morgan fingerprint density at radius 3 is 1.23 bits per heavy atom. The molecule has 0 amide bonds. The molecule has 0 aliphatic rings. The third kappa shape index (κ3) is 2.58. The molecule has 0 nitrogen and oxygen atoms in total. The Labute approximate surface area is 76.3 Å². The molecular weight excluding hydrogens is 184 g/mol. The number of halogens is 4. The summed E-state index contributed by atoms with van der Waals surface area (Å²) < 4.78 is 52.3. The molecule has 0 rings (SSSR count). The molecule has 0 aliphatic carbocycles. The second-order valence-corrected chi connectivity index (χ2v) is 4.23. The molecule has 80 valence electrons. The minimum absolute atomic E-state index is 0.598. The summed E-state index contributed by atoms with van der Waals surface area (Å²) in [7, 11) is 0. The normalized spacial score (nSPS) is 21.0. The van der Waals surface area contributed by atoms with Crippen molar-refractivity contribution in [2.24, 2.45) is 5.92 Å². The van der Waals surface area contributed by atoms with Gasteiger partial charge in [0.25, 0.3) is 5.92 Å². The largest absolute Gasteiger partial charge is 0.251 e. The summed E-state index contributed by atoms with van der Waals surface area (Å²) in [6.07, 6.45) is 0. The van der Waals surface area contributed by atoms with Crippen LogP contribution in [0.5, 0.6) is 0 Å². The van der Waals surface area contributed by atoms with Crippen LogP contribution >= 0.6 is 0 Å². The first-order valence-electron chi connectivity index (χ1n) is 4.16. The molecule has 0 aromatic rings. The zero-order chi connectivity index (χ0) is 11.1. The molecule has 13 heavy (non-hydrogen) atoms. The van der Waals surface area contributed by atoms with E-state index < -0.39 is 23.2 Å². The summed E-state index contributed by atoms with van der Waals surface area (Å²) in [6.45, 7) is 4.42. The molecule has 0 aromatic heterocycles. The van der Waals surface area contributed by atoms with Gasteiger partial charge in [-0.1, -0.05) is 6.92 Å². The van der Waals surface area contributed by atoms with Crippen molar-refractivity contribution in [2.75, 3.05) is 0 Å². The van der Waals surface area contributed by atoms with Crippen LogP contribution in [0.4, 0.5) is 17.6 Å². The molecule has 0 heterocycles. The molecule has 0 aliphatic heterocycles. The van der Waals surface area contributed by atoms with Gasteiger partial charge in [0.1, 0.15) is 11.3 Å². The van der Waals surface area contributed by atoms with Crippen molar-refractivity contribution in [2.45, 2.75) is 51.9 Å². The van der Waals surface area contributed by atoms with Crippen LogP contribution in [0.25, 0.3) is 0 Å². The first-order valence-corrected chi connectivity index (χ1v) is 4.16. The summed E-state index contributed by atoms with van der Waals surface area (Å²) in [4.78, 5) is 0. The number of alkyl halides is 4. The van der Waals surface area contributed by atoms with E-state index >= 15 is 0 Å². The highest BCUT2D eigenvalue weighted by molar-refractivity contribution is 4.98. The summed E-state index contributed by atoms with van der Waals surface area (Å²) in [6, 6.07) is 0. The predicted molar refractivity (Wildman–Crippen MR) is 44.5 cm³/mol.